The molecule has 0 N–H and O–H groups in total. The highest BCUT2D eigenvalue weighted by Gasteiger charge is 2.07. The quantitative estimate of drug-likeness (QED) is 0.789. The molecule has 2 rings (SSSR count). The lowest BCUT2D eigenvalue weighted by atomic mass is 10.1. The van der Waals surface area contributed by atoms with Crippen molar-refractivity contribution >= 4 is 34.9 Å². The standard InChI is InChI=1S/C12H11N3OS3/c1-16-10-5-8(3-4-9(10)6-13)7-18-12-15-14-11(17-2)19-12/h3-5H,7H2,1-2H3. The van der Waals surface area contributed by atoms with E-state index in [0.717, 1.165) is 20.0 Å². The summed E-state index contributed by atoms with van der Waals surface area (Å²) in [6, 6.07) is 7.71. The maximum atomic E-state index is 8.92. The zero-order chi connectivity index (χ0) is 13.7. The number of ether oxygens (including phenoxy) is 1. The van der Waals surface area contributed by atoms with Crippen molar-refractivity contribution in [2.45, 2.75) is 14.4 Å². The summed E-state index contributed by atoms with van der Waals surface area (Å²) < 4.78 is 7.11. The Balaban J connectivity index is 2.05. The van der Waals surface area contributed by atoms with E-state index in [1.807, 2.05) is 18.4 Å². The van der Waals surface area contributed by atoms with Crippen LogP contribution < -0.4 is 4.74 Å². The second-order valence-electron chi connectivity index (χ2n) is 3.47. The fourth-order valence-electron chi connectivity index (χ4n) is 1.40. The molecule has 0 unspecified atom stereocenters. The fourth-order valence-corrected chi connectivity index (χ4v) is 3.78. The third-order valence-electron chi connectivity index (χ3n) is 2.31. The fraction of sp³-hybridized carbons (Fsp3) is 0.250. The zero-order valence-electron chi connectivity index (χ0n) is 10.4. The summed E-state index contributed by atoms with van der Waals surface area (Å²) in [6.45, 7) is 0. The maximum absolute atomic E-state index is 8.92. The highest BCUT2D eigenvalue weighted by molar-refractivity contribution is 8.02. The molecule has 0 aliphatic heterocycles. The van der Waals surface area contributed by atoms with E-state index in [1.165, 1.54) is 0 Å². The number of thioether (sulfide) groups is 2. The number of hydrogen-bond acceptors (Lipinski definition) is 7. The minimum absolute atomic E-state index is 0.553. The first-order valence-electron chi connectivity index (χ1n) is 5.34. The molecule has 1 aromatic carbocycles. The van der Waals surface area contributed by atoms with Gasteiger partial charge in [0.1, 0.15) is 11.8 Å². The van der Waals surface area contributed by atoms with E-state index in [0.29, 0.717) is 11.3 Å². The molecule has 7 heteroatoms. The zero-order valence-corrected chi connectivity index (χ0v) is 12.9. The van der Waals surface area contributed by atoms with E-state index < -0.39 is 0 Å². The second-order valence-corrected chi connectivity index (χ2v) is 6.73. The molecule has 1 heterocycles. The predicted octanol–water partition coefficient (Wildman–Crippen LogP) is 3.43. The smallest absolute Gasteiger partial charge is 0.175 e. The van der Waals surface area contributed by atoms with E-state index in [4.69, 9.17) is 10.00 Å². The van der Waals surface area contributed by atoms with Crippen molar-refractivity contribution in [1.82, 2.24) is 10.2 Å². The van der Waals surface area contributed by atoms with Gasteiger partial charge < -0.3 is 4.74 Å². The van der Waals surface area contributed by atoms with Crippen molar-refractivity contribution < 1.29 is 4.74 Å². The van der Waals surface area contributed by atoms with Crippen molar-refractivity contribution in [1.29, 1.82) is 5.26 Å². The first kappa shape index (κ1) is 14.2. The summed E-state index contributed by atoms with van der Waals surface area (Å²) >= 11 is 4.82. The molecule has 0 bridgehead atoms. The first-order valence-corrected chi connectivity index (χ1v) is 8.37. The lowest BCUT2D eigenvalue weighted by Gasteiger charge is -2.05. The van der Waals surface area contributed by atoms with Gasteiger partial charge in [-0.25, -0.2) is 0 Å². The Morgan fingerprint density at radius 1 is 1.37 bits per heavy atom. The summed E-state index contributed by atoms with van der Waals surface area (Å²) in [5, 5.41) is 17.1. The largest absolute Gasteiger partial charge is 0.495 e. The molecule has 0 aliphatic carbocycles. The highest BCUT2D eigenvalue weighted by Crippen LogP contribution is 2.30. The van der Waals surface area contributed by atoms with E-state index >= 15 is 0 Å². The Labute approximate surface area is 124 Å². The van der Waals surface area contributed by atoms with Crippen molar-refractivity contribution in [3.05, 3.63) is 29.3 Å². The van der Waals surface area contributed by atoms with Gasteiger partial charge in [-0.05, 0) is 24.0 Å². The molecule has 2 aromatic rings. The van der Waals surface area contributed by atoms with Gasteiger partial charge in [-0.1, -0.05) is 40.9 Å². The van der Waals surface area contributed by atoms with Gasteiger partial charge in [0, 0.05) is 5.75 Å². The molecule has 0 saturated carbocycles. The number of benzene rings is 1. The van der Waals surface area contributed by atoms with Crippen molar-refractivity contribution in [2.75, 3.05) is 13.4 Å². The summed E-state index contributed by atoms with van der Waals surface area (Å²) in [4.78, 5) is 0. The van der Waals surface area contributed by atoms with Crippen LogP contribution in [0.1, 0.15) is 11.1 Å². The summed E-state index contributed by atoms with van der Waals surface area (Å²) in [5.74, 6) is 1.40. The Bertz CT molecular complexity index is 607. The third-order valence-corrected chi connectivity index (χ3v) is 5.41. The van der Waals surface area contributed by atoms with Crippen LogP contribution in [0, 0.1) is 11.3 Å². The Morgan fingerprint density at radius 3 is 2.79 bits per heavy atom. The van der Waals surface area contributed by atoms with Gasteiger partial charge in [-0.3, -0.25) is 0 Å². The van der Waals surface area contributed by atoms with Crippen LogP contribution in [0.25, 0.3) is 0 Å². The van der Waals surface area contributed by atoms with E-state index in [9.17, 15) is 0 Å². The SMILES string of the molecule is COc1cc(CSc2nnc(SC)s2)ccc1C#N. The van der Waals surface area contributed by atoms with Crippen molar-refractivity contribution in [3.63, 3.8) is 0 Å². The molecule has 0 fully saturated rings. The minimum Gasteiger partial charge on any atom is -0.495 e. The number of methoxy groups -OCH3 is 1. The average Bonchev–Trinajstić information content (AvgIpc) is 2.92. The van der Waals surface area contributed by atoms with Crippen LogP contribution in [-0.2, 0) is 5.75 Å². The molecule has 0 atom stereocenters. The van der Waals surface area contributed by atoms with Gasteiger partial charge in [0.05, 0.1) is 12.7 Å². The lowest BCUT2D eigenvalue weighted by molar-refractivity contribution is 0.413. The van der Waals surface area contributed by atoms with E-state index in [1.54, 1.807) is 48.0 Å². The van der Waals surface area contributed by atoms with Gasteiger partial charge in [0.2, 0.25) is 0 Å². The van der Waals surface area contributed by atoms with Crippen LogP contribution in [0.2, 0.25) is 0 Å². The molecule has 4 nitrogen and oxygen atoms in total. The first-order chi connectivity index (χ1) is 9.26. The Hall–Kier alpha value is -1.23. The topological polar surface area (TPSA) is 58.8 Å². The molecule has 0 amide bonds. The van der Waals surface area contributed by atoms with Crippen LogP contribution in [-0.4, -0.2) is 23.6 Å². The van der Waals surface area contributed by atoms with E-state index in [2.05, 4.69) is 16.3 Å². The normalized spacial score (nSPS) is 10.2. The molecule has 0 spiro atoms. The third kappa shape index (κ3) is 3.62. The van der Waals surface area contributed by atoms with Crippen LogP contribution in [0.15, 0.2) is 26.9 Å². The number of rotatable bonds is 5. The van der Waals surface area contributed by atoms with Gasteiger partial charge >= 0.3 is 0 Å². The molecule has 1 aromatic heterocycles. The molecule has 98 valence electrons. The number of nitriles is 1. The monoisotopic (exact) mass is 309 g/mol. The number of hydrogen-bond donors (Lipinski definition) is 0. The highest BCUT2D eigenvalue weighted by atomic mass is 32.2. The van der Waals surface area contributed by atoms with Crippen LogP contribution in [0.3, 0.4) is 0 Å². The van der Waals surface area contributed by atoms with Crippen LogP contribution >= 0.6 is 34.9 Å². The van der Waals surface area contributed by atoms with Crippen molar-refractivity contribution in [2.24, 2.45) is 0 Å². The van der Waals surface area contributed by atoms with Crippen LogP contribution in [0.5, 0.6) is 5.75 Å². The lowest BCUT2D eigenvalue weighted by Crippen LogP contribution is -1.90. The van der Waals surface area contributed by atoms with Gasteiger partial charge in [0.25, 0.3) is 0 Å². The minimum atomic E-state index is 0.553. The predicted molar refractivity (Wildman–Crippen MR) is 79.0 cm³/mol. The molecular formula is C12H11N3OS3. The number of aromatic nitrogens is 2. The van der Waals surface area contributed by atoms with E-state index in [-0.39, 0.29) is 0 Å². The molecule has 0 saturated heterocycles. The summed E-state index contributed by atoms with van der Waals surface area (Å²) in [7, 11) is 1.57. The van der Waals surface area contributed by atoms with Gasteiger partial charge in [-0.2, -0.15) is 5.26 Å². The maximum Gasteiger partial charge on any atom is 0.175 e. The van der Waals surface area contributed by atoms with Gasteiger partial charge in [0.15, 0.2) is 8.68 Å². The summed E-state index contributed by atoms with van der Waals surface area (Å²) in [5.41, 5.74) is 1.65. The Kier molecular flexibility index (Phi) is 5.07. The second kappa shape index (κ2) is 6.80. The van der Waals surface area contributed by atoms with Gasteiger partial charge in [-0.15, -0.1) is 10.2 Å². The molecule has 0 aliphatic rings. The molecule has 19 heavy (non-hydrogen) atoms. The summed E-state index contributed by atoms with van der Waals surface area (Å²) in [6.07, 6.45) is 1.99. The Morgan fingerprint density at radius 2 is 2.16 bits per heavy atom. The molecule has 0 radical (unpaired) electrons. The van der Waals surface area contributed by atoms with Crippen LogP contribution in [0.4, 0.5) is 0 Å². The average molecular weight is 309 g/mol. The molecular weight excluding hydrogens is 298 g/mol. The number of nitrogens with zero attached hydrogens (tertiary/aromatic N) is 3. The van der Waals surface area contributed by atoms with Crippen molar-refractivity contribution in [3.8, 4) is 11.8 Å².